The van der Waals surface area contributed by atoms with Crippen molar-refractivity contribution < 1.29 is 0 Å². The second-order valence-corrected chi connectivity index (χ2v) is 5.38. The number of para-hydroxylation sites is 1. The number of rotatable bonds is 2. The molecule has 0 saturated carbocycles. The van der Waals surface area contributed by atoms with Gasteiger partial charge in [-0.1, -0.05) is 24.3 Å². The lowest BCUT2D eigenvalue weighted by Crippen LogP contribution is -2.22. The van der Waals surface area contributed by atoms with Crippen LogP contribution in [0, 0.1) is 6.92 Å². The smallest absolute Gasteiger partial charge is 0.137 e. The molecular formula is C17H21N3. The summed E-state index contributed by atoms with van der Waals surface area (Å²) in [5, 5.41) is 0. The molecular weight excluding hydrogens is 246 g/mol. The fourth-order valence-corrected chi connectivity index (χ4v) is 2.88. The third kappa shape index (κ3) is 2.41. The number of hydrogen-bond acceptors (Lipinski definition) is 3. The maximum absolute atomic E-state index is 5.90. The number of pyridine rings is 1. The molecule has 104 valence electrons. The first-order valence-electron chi connectivity index (χ1n) is 7.31. The summed E-state index contributed by atoms with van der Waals surface area (Å²) in [5.74, 6) is 1.03. The Morgan fingerprint density at radius 1 is 1.15 bits per heavy atom. The predicted molar refractivity (Wildman–Crippen MR) is 83.3 cm³/mol. The van der Waals surface area contributed by atoms with Gasteiger partial charge >= 0.3 is 0 Å². The summed E-state index contributed by atoms with van der Waals surface area (Å²) in [6, 6.07) is 12.8. The minimum Gasteiger partial charge on any atom is -0.326 e. The van der Waals surface area contributed by atoms with Gasteiger partial charge in [-0.3, -0.25) is 0 Å². The lowest BCUT2D eigenvalue weighted by atomic mass is 10.1. The molecule has 1 aliphatic heterocycles. The Morgan fingerprint density at radius 3 is 2.85 bits per heavy atom. The van der Waals surface area contributed by atoms with Crippen LogP contribution < -0.4 is 10.6 Å². The van der Waals surface area contributed by atoms with E-state index in [1.165, 1.54) is 24.1 Å². The Bertz CT molecular complexity index is 607. The molecule has 2 N–H and O–H groups in total. The highest BCUT2D eigenvalue weighted by atomic mass is 15.2. The van der Waals surface area contributed by atoms with Gasteiger partial charge in [-0.25, -0.2) is 4.98 Å². The van der Waals surface area contributed by atoms with Gasteiger partial charge in [-0.15, -0.1) is 0 Å². The summed E-state index contributed by atoms with van der Waals surface area (Å²) in [5.41, 5.74) is 10.8. The van der Waals surface area contributed by atoms with Gasteiger partial charge < -0.3 is 10.6 Å². The third-order valence-corrected chi connectivity index (χ3v) is 3.93. The molecule has 0 fully saturated rings. The van der Waals surface area contributed by atoms with Gasteiger partial charge in [-0.2, -0.15) is 0 Å². The Hall–Kier alpha value is -1.87. The van der Waals surface area contributed by atoms with Crippen molar-refractivity contribution >= 4 is 11.5 Å². The first-order valence-corrected chi connectivity index (χ1v) is 7.31. The number of fused-ring (bicyclic) bond motifs is 1. The molecule has 0 spiro atoms. The molecule has 3 heteroatoms. The Kier molecular flexibility index (Phi) is 3.70. The molecule has 2 heterocycles. The second-order valence-electron chi connectivity index (χ2n) is 5.38. The molecule has 3 rings (SSSR count). The van der Waals surface area contributed by atoms with Crippen LogP contribution in [0.25, 0.3) is 0 Å². The summed E-state index contributed by atoms with van der Waals surface area (Å²) in [4.78, 5) is 7.10. The molecule has 3 nitrogen and oxygen atoms in total. The van der Waals surface area contributed by atoms with E-state index in [1.807, 2.05) is 13.0 Å². The lowest BCUT2D eigenvalue weighted by molar-refractivity contribution is 0.755. The molecule has 0 radical (unpaired) electrons. The molecule has 1 aliphatic rings. The van der Waals surface area contributed by atoms with E-state index in [4.69, 9.17) is 10.7 Å². The van der Waals surface area contributed by atoms with Gasteiger partial charge in [0.15, 0.2) is 0 Å². The van der Waals surface area contributed by atoms with Gasteiger partial charge in [0, 0.05) is 30.0 Å². The summed E-state index contributed by atoms with van der Waals surface area (Å²) >= 11 is 0. The van der Waals surface area contributed by atoms with Crippen LogP contribution >= 0.6 is 0 Å². The highest BCUT2D eigenvalue weighted by Gasteiger charge is 2.19. The van der Waals surface area contributed by atoms with Crippen molar-refractivity contribution in [1.82, 2.24) is 4.98 Å². The lowest BCUT2D eigenvalue weighted by Gasteiger charge is -2.26. The van der Waals surface area contributed by atoms with E-state index in [-0.39, 0.29) is 0 Å². The topological polar surface area (TPSA) is 42.1 Å². The standard InChI is InChI=1S/C17H21N3/c1-13-9-10-15(12-18)17(19-13)20-11-5-4-7-14-6-2-3-8-16(14)20/h2-3,6,8-10H,4-5,7,11-12,18H2,1H3. The van der Waals surface area contributed by atoms with Crippen LogP contribution in [0.4, 0.5) is 11.5 Å². The molecule has 0 unspecified atom stereocenters. The summed E-state index contributed by atoms with van der Waals surface area (Å²) in [7, 11) is 0. The van der Waals surface area contributed by atoms with E-state index >= 15 is 0 Å². The molecule has 2 aromatic rings. The average Bonchev–Trinajstić information content (AvgIpc) is 2.69. The van der Waals surface area contributed by atoms with Crippen molar-refractivity contribution in [2.75, 3.05) is 11.4 Å². The minimum atomic E-state index is 0.529. The quantitative estimate of drug-likeness (QED) is 0.907. The van der Waals surface area contributed by atoms with Crippen LogP contribution in [0.5, 0.6) is 0 Å². The fourth-order valence-electron chi connectivity index (χ4n) is 2.88. The number of aromatic nitrogens is 1. The maximum Gasteiger partial charge on any atom is 0.137 e. The molecule has 0 amide bonds. The average molecular weight is 267 g/mol. The summed E-state index contributed by atoms with van der Waals surface area (Å²) in [6.07, 6.45) is 3.57. The Morgan fingerprint density at radius 2 is 2.00 bits per heavy atom. The number of nitrogens with two attached hydrogens (primary N) is 1. The number of benzene rings is 1. The number of anilines is 2. The number of hydrogen-bond donors (Lipinski definition) is 1. The summed E-state index contributed by atoms with van der Waals surface area (Å²) in [6.45, 7) is 3.58. The van der Waals surface area contributed by atoms with Gasteiger partial charge in [0.1, 0.15) is 5.82 Å². The van der Waals surface area contributed by atoms with E-state index in [1.54, 1.807) is 0 Å². The van der Waals surface area contributed by atoms with Crippen LogP contribution in [0.3, 0.4) is 0 Å². The second kappa shape index (κ2) is 5.63. The zero-order valence-electron chi connectivity index (χ0n) is 12.0. The molecule has 0 bridgehead atoms. The van der Waals surface area contributed by atoms with Gasteiger partial charge in [0.2, 0.25) is 0 Å². The first kappa shape index (κ1) is 13.1. The molecule has 0 atom stereocenters. The highest BCUT2D eigenvalue weighted by molar-refractivity contribution is 5.67. The van der Waals surface area contributed by atoms with Crippen molar-refractivity contribution in [1.29, 1.82) is 0 Å². The molecule has 0 saturated heterocycles. The predicted octanol–water partition coefficient (Wildman–Crippen LogP) is 3.32. The van der Waals surface area contributed by atoms with Crippen molar-refractivity contribution in [2.24, 2.45) is 5.73 Å². The van der Waals surface area contributed by atoms with E-state index in [2.05, 4.69) is 35.2 Å². The van der Waals surface area contributed by atoms with Crippen LogP contribution in [0.2, 0.25) is 0 Å². The van der Waals surface area contributed by atoms with Crippen molar-refractivity contribution in [3.8, 4) is 0 Å². The summed E-state index contributed by atoms with van der Waals surface area (Å²) < 4.78 is 0. The van der Waals surface area contributed by atoms with E-state index in [9.17, 15) is 0 Å². The molecule has 0 aliphatic carbocycles. The van der Waals surface area contributed by atoms with Crippen LogP contribution in [-0.2, 0) is 13.0 Å². The van der Waals surface area contributed by atoms with Crippen LogP contribution in [0.15, 0.2) is 36.4 Å². The zero-order valence-corrected chi connectivity index (χ0v) is 12.0. The van der Waals surface area contributed by atoms with Crippen molar-refractivity contribution in [3.05, 3.63) is 53.2 Å². The van der Waals surface area contributed by atoms with Crippen LogP contribution in [0.1, 0.15) is 29.7 Å². The van der Waals surface area contributed by atoms with Crippen molar-refractivity contribution in [2.45, 2.75) is 32.7 Å². The molecule has 20 heavy (non-hydrogen) atoms. The monoisotopic (exact) mass is 267 g/mol. The third-order valence-electron chi connectivity index (χ3n) is 3.93. The maximum atomic E-state index is 5.90. The Labute approximate surface area is 120 Å². The SMILES string of the molecule is Cc1ccc(CN)c(N2CCCCc3ccccc32)n1. The fraction of sp³-hybridized carbons (Fsp3) is 0.353. The van der Waals surface area contributed by atoms with E-state index < -0.39 is 0 Å². The molecule has 1 aromatic carbocycles. The van der Waals surface area contributed by atoms with Crippen molar-refractivity contribution in [3.63, 3.8) is 0 Å². The first-order chi connectivity index (χ1) is 9.79. The minimum absolute atomic E-state index is 0.529. The number of nitrogens with zero attached hydrogens (tertiary/aromatic N) is 2. The zero-order chi connectivity index (χ0) is 13.9. The van der Waals surface area contributed by atoms with Gasteiger partial charge in [0.05, 0.1) is 0 Å². The van der Waals surface area contributed by atoms with Crippen LogP contribution in [-0.4, -0.2) is 11.5 Å². The normalized spacial score (nSPS) is 14.8. The Balaban J connectivity index is 2.12. The van der Waals surface area contributed by atoms with Gasteiger partial charge in [-0.05, 0) is 43.9 Å². The largest absolute Gasteiger partial charge is 0.326 e. The van der Waals surface area contributed by atoms with E-state index in [0.717, 1.165) is 30.0 Å². The van der Waals surface area contributed by atoms with Gasteiger partial charge in [0.25, 0.3) is 0 Å². The van der Waals surface area contributed by atoms with E-state index in [0.29, 0.717) is 6.54 Å². The number of aryl methyl sites for hydroxylation is 2. The molecule has 1 aromatic heterocycles. The highest BCUT2D eigenvalue weighted by Crippen LogP contribution is 2.33.